The third-order valence-corrected chi connectivity index (χ3v) is 5.28. The average molecular weight is 381 g/mol. The van der Waals surface area contributed by atoms with E-state index < -0.39 is 0 Å². The Morgan fingerprint density at radius 2 is 1.93 bits per heavy atom. The van der Waals surface area contributed by atoms with E-state index >= 15 is 0 Å². The van der Waals surface area contributed by atoms with Crippen LogP contribution in [0.1, 0.15) is 63.8 Å². The molecule has 0 atom stereocenters. The molecule has 1 saturated carbocycles. The fourth-order valence-corrected chi connectivity index (χ4v) is 3.68. The van der Waals surface area contributed by atoms with Gasteiger partial charge >= 0.3 is 0 Å². The average Bonchev–Trinajstić information content (AvgIpc) is 2.72. The van der Waals surface area contributed by atoms with E-state index in [4.69, 9.17) is 0 Å². The largest absolute Gasteiger partial charge is 0.352 e. The van der Waals surface area contributed by atoms with Crippen molar-refractivity contribution in [3.8, 4) is 0 Å². The number of nitrogens with one attached hydrogen (secondary N) is 1. The first-order valence-corrected chi connectivity index (χ1v) is 9.69. The molecule has 0 radical (unpaired) electrons. The van der Waals surface area contributed by atoms with Crippen LogP contribution in [0, 0.1) is 12.8 Å². The van der Waals surface area contributed by atoms with Gasteiger partial charge < -0.3 is 10.2 Å². The highest BCUT2D eigenvalue weighted by Gasteiger charge is 2.28. The van der Waals surface area contributed by atoms with Gasteiger partial charge in [-0.2, -0.15) is 0 Å². The Bertz CT molecular complexity index is 830. The van der Waals surface area contributed by atoms with E-state index in [1.54, 1.807) is 49.7 Å². The maximum Gasteiger partial charge on any atom is 0.256 e. The predicted octanol–water partition coefficient (Wildman–Crippen LogP) is 2.59. The number of carbonyl (C=O) groups excluding carboxylic acids is 2. The van der Waals surface area contributed by atoms with E-state index in [1.165, 1.54) is 0 Å². The molecule has 148 valence electrons. The summed E-state index contributed by atoms with van der Waals surface area (Å²) >= 11 is 0. The molecule has 1 fully saturated rings. The monoisotopic (exact) mass is 381 g/mol. The second kappa shape index (κ2) is 8.91. The molecule has 3 rings (SSSR count). The first kappa shape index (κ1) is 19.9. The number of aryl methyl sites for hydroxylation is 1. The zero-order chi connectivity index (χ0) is 20.1. The van der Waals surface area contributed by atoms with Crippen LogP contribution in [0.15, 0.2) is 30.7 Å². The summed E-state index contributed by atoms with van der Waals surface area (Å²) in [7, 11) is 3.49. The number of hydrogen-bond acceptors (Lipinski definition) is 5. The Hall–Kier alpha value is -2.83. The molecule has 1 aliphatic rings. The van der Waals surface area contributed by atoms with Crippen LogP contribution < -0.4 is 5.32 Å². The van der Waals surface area contributed by atoms with Crippen molar-refractivity contribution in [2.75, 3.05) is 20.6 Å². The van der Waals surface area contributed by atoms with E-state index in [0.717, 1.165) is 31.4 Å². The molecule has 0 saturated heterocycles. The molecule has 0 bridgehead atoms. The van der Waals surface area contributed by atoms with Gasteiger partial charge in [0.25, 0.3) is 11.8 Å². The van der Waals surface area contributed by atoms with E-state index in [2.05, 4.69) is 20.3 Å². The van der Waals surface area contributed by atoms with Crippen molar-refractivity contribution in [3.05, 3.63) is 53.4 Å². The van der Waals surface area contributed by atoms with Gasteiger partial charge in [-0.15, -0.1) is 0 Å². The van der Waals surface area contributed by atoms with E-state index in [0.29, 0.717) is 29.4 Å². The first-order chi connectivity index (χ1) is 13.5. The van der Waals surface area contributed by atoms with Crippen LogP contribution in [0.4, 0.5) is 0 Å². The molecule has 7 nitrogen and oxygen atoms in total. The molecule has 0 aliphatic heterocycles. The zero-order valence-electron chi connectivity index (χ0n) is 16.7. The molecular formula is C21H27N5O2. The van der Waals surface area contributed by atoms with Gasteiger partial charge in [-0.3, -0.25) is 14.6 Å². The Morgan fingerprint density at radius 3 is 2.57 bits per heavy atom. The summed E-state index contributed by atoms with van der Waals surface area (Å²) in [5.74, 6) is 1.25. The van der Waals surface area contributed by atoms with Crippen molar-refractivity contribution in [3.63, 3.8) is 0 Å². The van der Waals surface area contributed by atoms with Gasteiger partial charge in [-0.1, -0.05) is 0 Å². The second-order valence-corrected chi connectivity index (χ2v) is 7.59. The number of amides is 2. The maximum atomic E-state index is 12.5. The van der Waals surface area contributed by atoms with Gasteiger partial charge in [0.05, 0.1) is 16.8 Å². The molecule has 1 N–H and O–H groups in total. The first-order valence-electron chi connectivity index (χ1n) is 9.69. The zero-order valence-corrected chi connectivity index (χ0v) is 16.7. The highest BCUT2D eigenvalue weighted by Crippen LogP contribution is 2.36. The third-order valence-electron chi connectivity index (χ3n) is 5.28. The Kier molecular flexibility index (Phi) is 6.34. The fraction of sp³-hybridized carbons (Fsp3) is 0.476. The number of hydrogen-bond donors (Lipinski definition) is 1. The number of pyridine rings is 1. The molecule has 0 unspecified atom stereocenters. The summed E-state index contributed by atoms with van der Waals surface area (Å²) in [5.41, 5.74) is 2.05. The minimum Gasteiger partial charge on any atom is -0.352 e. The highest BCUT2D eigenvalue weighted by atomic mass is 16.2. The Balaban J connectivity index is 1.59. The van der Waals surface area contributed by atoms with Crippen LogP contribution in [-0.2, 0) is 0 Å². The molecule has 28 heavy (non-hydrogen) atoms. The van der Waals surface area contributed by atoms with E-state index in [1.807, 2.05) is 6.92 Å². The number of carbonyl (C=O) groups is 2. The summed E-state index contributed by atoms with van der Waals surface area (Å²) in [6, 6.07) is 3.52. The summed E-state index contributed by atoms with van der Waals surface area (Å²) in [6.45, 7) is 2.51. The standard InChI is InChI=1S/C21H27N5O2/c1-14-23-13-18(21(28)26(2)3)19(25-14)16-8-6-15(7-9-16)11-24-20(27)17-5-4-10-22-12-17/h4-5,10,12-13,15-16H,6-9,11H2,1-3H3,(H,24,27). The van der Waals surface area contributed by atoms with Crippen molar-refractivity contribution in [2.45, 2.75) is 38.5 Å². The SMILES string of the molecule is Cc1ncc(C(=O)N(C)C)c(C2CCC(CNC(=O)c3cccnc3)CC2)n1. The lowest BCUT2D eigenvalue weighted by molar-refractivity contribution is 0.0823. The highest BCUT2D eigenvalue weighted by molar-refractivity contribution is 5.95. The Labute approximate surface area is 165 Å². The Morgan fingerprint density at radius 1 is 1.18 bits per heavy atom. The van der Waals surface area contributed by atoms with Crippen LogP contribution in [0.3, 0.4) is 0 Å². The topological polar surface area (TPSA) is 88.1 Å². The van der Waals surface area contributed by atoms with E-state index in [9.17, 15) is 9.59 Å². The fourth-order valence-electron chi connectivity index (χ4n) is 3.68. The summed E-state index contributed by atoms with van der Waals surface area (Å²) in [6.07, 6.45) is 8.79. The van der Waals surface area contributed by atoms with Crippen molar-refractivity contribution >= 4 is 11.8 Å². The minimum atomic E-state index is -0.0829. The van der Waals surface area contributed by atoms with Gasteiger partial charge in [0.15, 0.2) is 0 Å². The minimum absolute atomic E-state index is 0.0548. The maximum absolute atomic E-state index is 12.5. The summed E-state index contributed by atoms with van der Waals surface area (Å²) in [5, 5.41) is 3.01. The lowest BCUT2D eigenvalue weighted by Gasteiger charge is -2.29. The predicted molar refractivity (Wildman–Crippen MR) is 106 cm³/mol. The molecule has 2 heterocycles. The molecule has 2 amide bonds. The number of nitrogens with zero attached hydrogens (tertiary/aromatic N) is 4. The summed E-state index contributed by atoms with van der Waals surface area (Å²) < 4.78 is 0. The normalized spacial score (nSPS) is 19.1. The van der Waals surface area contributed by atoms with Crippen LogP contribution in [-0.4, -0.2) is 52.3 Å². The third kappa shape index (κ3) is 4.71. The van der Waals surface area contributed by atoms with Gasteiger partial charge in [0.1, 0.15) is 5.82 Å². The van der Waals surface area contributed by atoms with Gasteiger partial charge in [0.2, 0.25) is 0 Å². The van der Waals surface area contributed by atoms with Gasteiger partial charge in [0, 0.05) is 45.1 Å². The van der Waals surface area contributed by atoms with Gasteiger partial charge in [-0.05, 0) is 50.7 Å². The van der Waals surface area contributed by atoms with Crippen LogP contribution in [0.5, 0.6) is 0 Å². The number of rotatable bonds is 5. The van der Waals surface area contributed by atoms with Crippen molar-refractivity contribution in [1.82, 2.24) is 25.2 Å². The molecular weight excluding hydrogens is 354 g/mol. The van der Waals surface area contributed by atoms with Crippen molar-refractivity contribution in [2.24, 2.45) is 5.92 Å². The van der Waals surface area contributed by atoms with Crippen LogP contribution >= 0.6 is 0 Å². The van der Waals surface area contributed by atoms with Crippen molar-refractivity contribution in [1.29, 1.82) is 0 Å². The molecule has 2 aromatic heterocycles. The van der Waals surface area contributed by atoms with Crippen LogP contribution in [0.25, 0.3) is 0 Å². The van der Waals surface area contributed by atoms with Gasteiger partial charge in [-0.25, -0.2) is 9.97 Å². The van der Waals surface area contributed by atoms with E-state index in [-0.39, 0.29) is 17.7 Å². The smallest absolute Gasteiger partial charge is 0.256 e. The molecule has 0 spiro atoms. The number of aromatic nitrogens is 3. The van der Waals surface area contributed by atoms with Crippen molar-refractivity contribution < 1.29 is 9.59 Å². The summed E-state index contributed by atoms with van der Waals surface area (Å²) in [4.78, 5) is 39.0. The van der Waals surface area contributed by atoms with Crippen LogP contribution in [0.2, 0.25) is 0 Å². The molecule has 1 aliphatic carbocycles. The quantitative estimate of drug-likeness (QED) is 0.860. The lowest BCUT2D eigenvalue weighted by Crippen LogP contribution is -2.31. The second-order valence-electron chi connectivity index (χ2n) is 7.59. The molecule has 0 aromatic carbocycles. The lowest BCUT2D eigenvalue weighted by atomic mass is 9.79. The molecule has 2 aromatic rings. The molecule has 7 heteroatoms.